The van der Waals surface area contributed by atoms with Gasteiger partial charge in [0.2, 0.25) is 0 Å². The van der Waals surface area contributed by atoms with Crippen molar-refractivity contribution in [3.8, 4) is 11.3 Å². The first-order valence-corrected chi connectivity index (χ1v) is 9.00. The molecule has 0 saturated heterocycles. The summed E-state index contributed by atoms with van der Waals surface area (Å²) in [6.45, 7) is 2.06. The van der Waals surface area contributed by atoms with Crippen LogP contribution in [0.25, 0.3) is 33.2 Å². The van der Waals surface area contributed by atoms with Crippen LogP contribution in [0.1, 0.15) is 18.7 Å². The monoisotopic (exact) mass is 367 g/mol. The van der Waals surface area contributed by atoms with E-state index in [-0.39, 0.29) is 6.04 Å². The molecule has 0 aliphatic carbocycles. The van der Waals surface area contributed by atoms with Gasteiger partial charge in [0, 0.05) is 23.3 Å². The smallest absolute Gasteiger partial charge is 0.182 e. The summed E-state index contributed by atoms with van der Waals surface area (Å²) in [7, 11) is 0. The molecule has 0 aliphatic rings. The van der Waals surface area contributed by atoms with Crippen LogP contribution < -0.4 is 5.32 Å². The molecule has 2 N–H and O–H groups in total. The van der Waals surface area contributed by atoms with Gasteiger partial charge in [-0.25, -0.2) is 19.9 Å². The Morgan fingerprint density at radius 2 is 1.96 bits per heavy atom. The number of imidazole rings is 1. The number of pyridine rings is 2. The molecule has 0 saturated carbocycles. The van der Waals surface area contributed by atoms with E-state index in [0.29, 0.717) is 11.5 Å². The number of nitrogens with zero attached hydrogens (tertiary/aromatic N) is 5. The second kappa shape index (κ2) is 6.70. The van der Waals surface area contributed by atoms with Crippen molar-refractivity contribution in [2.75, 3.05) is 5.32 Å². The van der Waals surface area contributed by atoms with E-state index in [4.69, 9.17) is 4.98 Å². The lowest BCUT2D eigenvalue weighted by Gasteiger charge is -2.17. The topological polar surface area (TPSA) is 92.3 Å². The van der Waals surface area contributed by atoms with Crippen molar-refractivity contribution in [3.63, 3.8) is 0 Å². The lowest BCUT2D eigenvalue weighted by molar-refractivity contribution is 0.837. The minimum atomic E-state index is -0.0681. The molecule has 5 aromatic rings. The van der Waals surface area contributed by atoms with Gasteiger partial charge in [0.1, 0.15) is 11.8 Å². The number of rotatable bonds is 4. The molecule has 0 amide bonds. The van der Waals surface area contributed by atoms with E-state index < -0.39 is 0 Å². The Morgan fingerprint density at radius 1 is 1.04 bits per heavy atom. The third-order valence-electron chi connectivity index (χ3n) is 4.72. The van der Waals surface area contributed by atoms with Gasteiger partial charge in [-0.3, -0.25) is 4.98 Å². The molecule has 7 heteroatoms. The Labute approximate surface area is 160 Å². The van der Waals surface area contributed by atoms with E-state index in [1.165, 1.54) is 6.33 Å². The molecule has 1 aromatic carbocycles. The highest BCUT2D eigenvalue weighted by atomic mass is 15.1. The Bertz CT molecular complexity index is 1260. The summed E-state index contributed by atoms with van der Waals surface area (Å²) in [4.78, 5) is 25.0. The third-order valence-corrected chi connectivity index (χ3v) is 4.72. The normalized spacial score (nSPS) is 12.3. The highest BCUT2D eigenvalue weighted by Crippen LogP contribution is 2.30. The van der Waals surface area contributed by atoms with Crippen molar-refractivity contribution in [2.45, 2.75) is 13.0 Å². The van der Waals surface area contributed by atoms with Gasteiger partial charge in [0.15, 0.2) is 11.5 Å². The second-order valence-electron chi connectivity index (χ2n) is 6.55. The summed E-state index contributed by atoms with van der Waals surface area (Å²) in [6.07, 6.45) is 6.73. The zero-order chi connectivity index (χ0) is 18.9. The number of aromatic amines is 1. The Balaban J connectivity index is 1.60. The number of aromatic nitrogens is 6. The van der Waals surface area contributed by atoms with Crippen LogP contribution in [-0.2, 0) is 0 Å². The number of nitrogens with one attached hydrogen (secondary N) is 2. The molecule has 4 heterocycles. The molecule has 136 valence electrons. The molecule has 28 heavy (non-hydrogen) atoms. The predicted octanol–water partition coefficient (Wildman–Crippen LogP) is 4.14. The zero-order valence-electron chi connectivity index (χ0n) is 15.2. The number of hydrogen-bond acceptors (Lipinski definition) is 6. The fraction of sp³-hybridized carbons (Fsp3) is 0.0952. The standard InChI is InChI=1S/C21H17N7/c1-13(27-21-19-20(24-11-23-19)25-12-26-21)17-9-14-5-2-3-7-16(14)18(28-17)15-6-4-8-22-10-15/h2-13H,1H3,(H2,23,24,25,26,27). The van der Waals surface area contributed by atoms with Crippen molar-refractivity contribution >= 4 is 27.8 Å². The summed E-state index contributed by atoms with van der Waals surface area (Å²) in [6, 6.07) is 14.3. The molecule has 4 aromatic heterocycles. The van der Waals surface area contributed by atoms with Crippen LogP contribution in [0.3, 0.4) is 0 Å². The van der Waals surface area contributed by atoms with Gasteiger partial charge in [-0.2, -0.15) is 0 Å². The number of benzene rings is 1. The van der Waals surface area contributed by atoms with E-state index in [1.807, 2.05) is 30.5 Å². The molecular weight excluding hydrogens is 350 g/mol. The van der Waals surface area contributed by atoms with Gasteiger partial charge in [0.05, 0.1) is 23.8 Å². The lowest BCUT2D eigenvalue weighted by Crippen LogP contribution is -2.11. The molecule has 1 unspecified atom stereocenters. The van der Waals surface area contributed by atoms with Crippen LogP contribution in [0.2, 0.25) is 0 Å². The number of fused-ring (bicyclic) bond motifs is 2. The number of H-pyrrole nitrogens is 1. The fourth-order valence-electron chi connectivity index (χ4n) is 3.32. The van der Waals surface area contributed by atoms with Crippen LogP contribution >= 0.6 is 0 Å². The van der Waals surface area contributed by atoms with E-state index >= 15 is 0 Å². The summed E-state index contributed by atoms with van der Waals surface area (Å²) >= 11 is 0. The first-order valence-electron chi connectivity index (χ1n) is 9.00. The molecule has 0 aliphatic heterocycles. The Hall–Kier alpha value is -3.87. The molecular formula is C21H17N7. The highest BCUT2D eigenvalue weighted by Gasteiger charge is 2.15. The van der Waals surface area contributed by atoms with Gasteiger partial charge >= 0.3 is 0 Å². The maximum Gasteiger partial charge on any atom is 0.182 e. The summed E-state index contributed by atoms with van der Waals surface area (Å²) in [5.74, 6) is 0.702. The van der Waals surface area contributed by atoms with Crippen molar-refractivity contribution < 1.29 is 0 Å². The summed E-state index contributed by atoms with van der Waals surface area (Å²) < 4.78 is 0. The minimum Gasteiger partial charge on any atom is -0.360 e. The SMILES string of the molecule is CC(Nc1ncnc2nc[nH]c12)c1cc2ccccc2c(-c2cccnc2)n1. The van der Waals surface area contributed by atoms with Crippen LogP contribution in [-0.4, -0.2) is 29.9 Å². The average molecular weight is 367 g/mol. The van der Waals surface area contributed by atoms with Crippen LogP contribution in [0.15, 0.2) is 67.5 Å². The van der Waals surface area contributed by atoms with E-state index in [0.717, 1.165) is 33.2 Å². The van der Waals surface area contributed by atoms with E-state index in [1.54, 1.807) is 12.5 Å². The largest absolute Gasteiger partial charge is 0.360 e. The van der Waals surface area contributed by atoms with Crippen molar-refractivity contribution in [1.29, 1.82) is 0 Å². The van der Waals surface area contributed by atoms with Crippen LogP contribution in [0, 0.1) is 0 Å². The van der Waals surface area contributed by atoms with E-state index in [9.17, 15) is 0 Å². The average Bonchev–Trinajstić information content (AvgIpc) is 3.23. The highest BCUT2D eigenvalue weighted by molar-refractivity contribution is 5.94. The van der Waals surface area contributed by atoms with Crippen molar-refractivity contribution in [3.05, 3.63) is 73.2 Å². The van der Waals surface area contributed by atoms with Crippen LogP contribution in [0.4, 0.5) is 5.82 Å². The van der Waals surface area contributed by atoms with E-state index in [2.05, 4.69) is 55.4 Å². The number of anilines is 1. The second-order valence-corrected chi connectivity index (χ2v) is 6.55. The molecule has 5 rings (SSSR count). The van der Waals surface area contributed by atoms with Gasteiger partial charge in [0.25, 0.3) is 0 Å². The van der Waals surface area contributed by atoms with Crippen molar-refractivity contribution in [1.82, 2.24) is 29.9 Å². The van der Waals surface area contributed by atoms with Crippen molar-refractivity contribution in [2.24, 2.45) is 0 Å². The maximum atomic E-state index is 4.96. The van der Waals surface area contributed by atoms with Crippen LogP contribution in [0.5, 0.6) is 0 Å². The molecule has 0 fully saturated rings. The molecule has 0 spiro atoms. The van der Waals surface area contributed by atoms with Gasteiger partial charge in [-0.1, -0.05) is 24.3 Å². The van der Waals surface area contributed by atoms with Gasteiger partial charge in [-0.15, -0.1) is 0 Å². The van der Waals surface area contributed by atoms with Gasteiger partial charge < -0.3 is 10.3 Å². The zero-order valence-corrected chi connectivity index (χ0v) is 15.2. The lowest BCUT2D eigenvalue weighted by atomic mass is 10.0. The quantitative estimate of drug-likeness (QED) is 0.496. The third kappa shape index (κ3) is 2.83. The Morgan fingerprint density at radius 3 is 2.86 bits per heavy atom. The first kappa shape index (κ1) is 16.3. The summed E-state index contributed by atoms with van der Waals surface area (Å²) in [5.41, 5.74) is 4.24. The summed E-state index contributed by atoms with van der Waals surface area (Å²) in [5, 5.41) is 5.67. The number of hydrogen-bond donors (Lipinski definition) is 2. The fourth-order valence-corrected chi connectivity index (χ4v) is 3.32. The predicted molar refractivity (Wildman–Crippen MR) is 109 cm³/mol. The molecule has 0 radical (unpaired) electrons. The Kier molecular flexibility index (Phi) is 3.90. The minimum absolute atomic E-state index is 0.0681. The first-order chi connectivity index (χ1) is 13.8. The molecule has 7 nitrogen and oxygen atoms in total. The molecule has 1 atom stereocenters. The van der Waals surface area contributed by atoms with Gasteiger partial charge in [-0.05, 0) is 30.5 Å². The maximum absolute atomic E-state index is 4.96. The molecule has 0 bridgehead atoms.